The Balaban J connectivity index is 8.13. The summed E-state index contributed by atoms with van der Waals surface area (Å²) < 4.78 is 0. The van der Waals surface area contributed by atoms with E-state index in [1.165, 1.54) is 20.9 Å². The van der Waals surface area contributed by atoms with E-state index < -0.39 is 76.0 Å². The van der Waals surface area contributed by atoms with Gasteiger partial charge in [-0.3, -0.25) is 24.0 Å². The maximum atomic E-state index is 15.0. The molecule has 0 fully saturated rings. The maximum Gasteiger partial charge on any atom is 0.343 e. The van der Waals surface area contributed by atoms with Gasteiger partial charge in [-0.25, -0.2) is 4.79 Å². The molecular weight excluding hydrogens is 526 g/mol. The average molecular weight is 574 g/mol. The number of carboxylic acid groups (broad SMARTS) is 1. The lowest BCUT2D eigenvalue weighted by molar-refractivity contribution is -0.180. The van der Waals surface area contributed by atoms with Crippen LogP contribution in [0.3, 0.4) is 0 Å². The van der Waals surface area contributed by atoms with Gasteiger partial charge in [-0.1, -0.05) is 34.1 Å². The van der Waals surface area contributed by atoms with Crippen molar-refractivity contribution in [3.05, 3.63) is 0 Å². The smallest absolute Gasteiger partial charge is 0.343 e. The zero-order valence-corrected chi connectivity index (χ0v) is 25.4. The van der Waals surface area contributed by atoms with E-state index >= 15 is 0 Å². The maximum absolute atomic E-state index is 15.0. The Morgan fingerprint density at radius 2 is 1.25 bits per heavy atom. The summed E-state index contributed by atoms with van der Waals surface area (Å²) in [4.78, 5) is 82.9. The summed E-state index contributed by atoms with van der Waals surface area (Å²) in [7, 11) is 3.52. The molecule has 0 unspecified atom stereocenters. The normalized spacial score (nSPS) is 19.2. The van der Waals surface area contributed by atoms with Gasteiger partial charge in [-0.05, 0) is 53.0 Å². The second-order valence-electron chi connectivity index (χ2n) is 11.2. The highest BCUT2D eigenvalue weighted by Gasteiger charge is 2.67. The first kappa shape index (κ1) is 37.3. The van der Waals surface area contributed by atoms with Gasteiger partial charge in [0.2, 0.25) is 11.4 Å². The zero-order chi connectivity index (χ0) is 32.1. The van der Waals surface area contributed by atoms with Crippen molar-refractivity contribution < 1.29 is 49.2 Å². The number of aliphatic hydroxyl groups is 3. The second-order valence-corrected chi connectivity index (χ2v) is 11.2. The van der Waals surface area contributed by atoms with E-state index in [2.05, 4.69) is 5.32 Å². The lowest BCUT2D eigenvalue weighted by Crippen LogP contribution is -2.78. The summed E-state index contributed by atoms with van der Waals surface area (Å²) in [5, 5.41) is 43.6. The van der Waals surface area contributed by atoms with Gasteiger partial charge in [0.1, 0.15) is 12.2 Å². The molecular formula is C27H47N3O10. The Morgan fingerprint density at radius 3 is 1.57 bits per heavy atom. The molecule has 0 aliphatic carbocycles. The van der Waals surface area contributed by atoms with Gasteiger partial charge in [-0.15, -0.1) is 0 Å². The quantitative estimate of drug-likeness (QED) is 0.147. The Morgan fingerprint density at radius 1 is 0.825 bits per heavy atom. The van der Waals surface area contributed by atoms with E-state index in [1.54, 1.807) is 0 Å². The number of carbonyl (C=O) groups is 6. The molecule has 0 heterocycles. The lowest BCUT2D eigenvalue weighted by atomic mass is 9.64. The predicted molar refractivity (Wildman–Crippen MR) is 145 cm³/mol. The summed E-state index contributed by atoms with van der Waals surface area (Å²) in [5.74, 6) is -9.46. The topological polar surface area (TPSA) is 202 Å². The van der Waals surface area contributed by atoms with Gasteiger partial charge in [0.15, 0.2) is 22.6 Å². The fourth-order valence-electron chi connectivity index (χ4n) is 4.87. The van der Waals surface area contributed by atoms with Crippen molar-refractivity contribution in [1.82, 2.24) is 15.1 Å². The number of hydrogen-bond acceptors (Lipinski definition) is 10. The molecule has 0 spiro atoms. The molecule has 40 heavy (non-hydrogen) atoms. The number of Topliss-reactive ketones (excluding diaryl/α,β-unsaturated/α-hetero) is 3. The van der Waals surface area contributed by atoms with Crippen molar-refractivity contribution in [3.63, 3.8) is 0 Å². The molecule has 0 aliphatic rings. The molecule has 7 atom stereocenters. The Kier molecular flexibility index (Phi) is 12.8. The molecule has 0 radical (unpaired) electrons. The monoisotopic (exact) mass is 573 g/mol. The van der Waals surface area contributed by atoms with Crippen LogP contribution in [0, 0.1) is 11.8 Å². The molecule has 0 aromatic carbocycles. The van der Waals surface area contributed by atoms with Crippen molar-refractivity contribution in [1.29, 1.82) is 0 Å². The number of likely N-dealkylation sites (N-methyl/N-ethyl adjacent to an activating group) is 3. The Bertz CT molecular complexity index is 993. The molecule has 2 amide bonds. The molecule has 0 saturated heterocycles. The number of aliphatic carboxylic acids is 1. The number of amides is 2. The fraction of sp³-hybridized carbons (Fsp3) is 0.778. The van der Waals surface area contributed by atoms with E-state index in [0.29, 0.717) is 16.7 Å². The predicted octanol–water partition coefficient (Wildman–Crippen LogP) is -0.615. The minimum atomic E-state index is -3.23. The molecule has 0 saturated carbocycles. The highest BCUT2D eigenvalue weighted by Crippen LogP contribution is 2.39. The van der Waals surface area contributed by atoms with E-state index in [0.717, 1.165) is 34.9 Å². The van der Waals surface area contributed by atoms with Crippen LogP contribution in [0.5, 0.6) is 0 Å². The second kappa shape index (κ2) is 13.7. The number of hydrogen-bond donors (Lipinski definition) is 5. The van der Waals surface area contributed by atoms with Crippen LogP contribution in [0.15, 0.2) is 0 Å². The number of ketones is 3. The van der Waals surface area contributed by atoms with E-state index in [1.807, 2.05) is 13.8 Å². The van der Waals surface area contributed by atoms with Crippen molar-refractivity contribution in [2.24, 2.45) is 11.8 Å². The van der Waals surface area contributed by atoms with Gasteiger partial charge in [0.25, 0.3) is 11.8 Å². The van der Waals surface area contributed by atoms with Gasteiger partial charge >= 0.3 is 5.97 Å². The third-order valence-electron chi connectivity index (χ3n) is 7.75. The lowest BCUT2D eigenvalue weighted by Gasteiger charge is -2.51. The SMILES string of the molecule is CC[C@H](C)[C@](C(=O)[C@](C)(O)C(=O)O)(C(=O)[C@@](C)(C(=O)[C@H](CC(C)C)NC)N(C)C(=O)[C@@H](C)O)N(C)C(=O)[C@@H](C)O. The van der Waals surface area contributed by atoms with Crippen LogP contribution in [-0.4, -0.2) is 121 Å². The average Bonchev–Trinajstić information content (AvgIpc) is 2.88. The summed E-state index contributed by atoms with van der Waals surface area (Å²) in [6.07, 6.45) is -3.30. The molecule has 5 N–H and O–H groups in total. The summed E-state index contributed by atoms with van der Waals surface area (Å²) >= 11 is 0. The largest absolute Gasteiger partial charge is 0.479 e. The van der Waals surface area contributed by atoms with Crippen LogP contribution < -0.4 is 5.32 Å². The van der Waals surface area contributed by atoms with Gasteiger partial charge in [0, 0.05) is 14.1 Å². The van der Waals surface area contributed by atoms with E-state index in [9.17, 15) is 49.2 Å². The van der Waals surface area contributed by atoms with Crippen LogP contribution in [-0.2, 0) is 28.8 Å². The number of carbonyl (C=O) groups excluding carboxylic acids is 5. The minimum Gasteiger partial charge on any atom is -0.479 e. The molecule has 0 aromatic heterocycles. The van der Waals surface area contributed by atoms with E-state index in [4.69, 9.17) is 0 Å². The standard InChI is InChI=1S/C27H47N3O10/c1-12-15(4)27(30(11)21(35)17(6)32,23(37)26(8,40)24(38)39)22(36)25(7,29(10)20(34)16(5)31)19(33)18(28-9)13-14(2)3/h14-18,28,31-32,40H,12-13H2,1-11H3,(H,38,39)/t15-,16+,17+,18-,25+,26-,27+/m0/s1. The number of carboxylic acids is 1. The van der Waals surface area contributed by atoms with Gasteiger partial charge in [-0.2, -0.15) is 0 Å². The summed E-state index contributed by atoms with van der Waals surface area (Å²) in [5.41, 5.74) is -8.67. The number of nitrogens with one attached hydrogen (secondary N) is 1. The minimum absolute atomic E-state index is 0.0373. The molecule has 230 valence electrons. The number of rotatable bonds is 16. The Labute approximate surface area is 235 Å². The fourth-order valence-corrected chi connectivity index (χ4v) is 4.87. The summed E-state index contributed by atoms with van der Waals surface area (Å²) in [6, 6.07) is -1.05. The molecule has 0 aliphatic heterocycles. The highest BCUT2D eigenvalue weighted by atomic mass is 16.4. The van der Waals surface area contributed by atoms with Crippen molar-refractivity contribution >= 4 is 35.1 Å². The van der Waals surface area contributed by atoms with Crippen LogP contribution in [0.25, 0.3) is 0 Å². The first-order valence-corrected chi connectivity index (χ1v) is 13.2. The third-order valence-corrected chi connectivity index (χ3v) is 7.75. The van der Waals surface area contributed by atoms with Crippen molar-refractivity contribution in [3.8, 4) is 0 Å². The third kappa shape index (κ3) is 6.59. The molecule has 0 aromatic rings. The zero-order valence-electron chi connectivity index (χ0n) is 25.4. The van der Waals surface area contributed by atoms with Gasteiger partial charge < -0.3 is 35.5 Å². The van der Waals surface area contributed by atoms with Crippen LogP contribution in [0.4, 0.5) is 0 Å². The first-order valence-electron chi connectivity index (χ1n) is 13.2. The van der Waals surface area contributed by atoms with Crippen molar-refractivity contribution in [2.45, 2.75) is 103 Å². The number of nitrogens with zero attached hydrogens (tertiary/aromatic N) is 2. The van der Waals surface area contributed by atoms with Crippen molar-refractivity contribution in [2.75, 3.05) is 21.1 Å². The molecule has 0 rings (SSSR count). The molecule has 13 heteroatoms. The molecule has 0 bridgehead atoms. The number of aliphatic hydroxyl groups excluding tert-OH is 2. The first-order chi connectivity index (χ1) is 18.0. The van der Waals surface area contributed by atoms with E-state index in [-0.39, 0.29) is 18.8 Å². The highest BCUT2D eigenvalue weighted by molar-refractivity contribution is 6.30. The van der Waals surface area contributed by atoms with Crippen LogP contribution in [0.2, 0.25) is 0 Å². The summed E-state index contributed by atoms with van der Waals surface area (Å²) in [6.45, 7) is 10.4. The molecule has 13 nitrogen and oxygen atoms in total. The van der Waals surface area contributed by atoms with Crippen LogP contribution >= 0.6 is 0 Å². The van der Waals surface area contributed by atoms with Crippen LogP contribution in [0.1, 0.15) is 68.2 Å². The Hall–Kier alpha value is -2.74. The van der Waals surface area contributed by atoms with Gasteiger partial charge in [0.05, 0.1) is 6.04 Å².